The van der Waals surface area contributed by atoms with Crippen molar-refractivity contribution in [1.82, 2.24) is 0 Å². The molecule has 1 spiro atoms. The molecule has 3 unspecified atom stereocenters. The van der Waals surface area contributed by atoms with Crippen molar-refractivity contribution >= 4 is 5.78 Å². The number of fused-ring (bicyclic) bond motifs is 4. The number of hydrogen-bond acceptors (Lipinski definition) is 3. The average molecular weight is 344 g/mol. The summed E-state index contributed by atoms with van der Waals surface area (Å²) in [6, 6.07) is 0. The molecular formula is C22H32O3. The van der Waals surface area contributed by atoms with Gasteiger partial charge in [-0.2, -0.15) is 0 Å². The zero-order valence-electron chi connectivity index (χ0n) is 15.8. The normalized spacial score (nSPS) is 59.6. The number of carbonyl (C=O) groups excluding carboxylic acids is 1. The smallest absolute Gasteiger partial charge is 0.164 e. The molecule has 5 saturated carbocycles. The molecule has 0 aromatic carbocycles. The van der Waals surface area contributed by atoms with Gasteiger partial charge in [0.05, 0.1) is 12.2 Å². The van der Waals surface area contributed by atoms with Crippen LogP contribution in [0.25, 0.3) is 0 Å². The standard InChI is InChI=1S/C22H32O3/c1-20-10-8-16-14(15(20)5-6-18(20)24-13-3-4-13)7-12-22-19(25-22)17(23)9-11-21(16,22)2/h13-16,18-19H,3-12H2,1-2H3/t14-,15-,16+,18?,19?,20-,21+,22?/m0/s1. The number of carbonyl (C=O) groups is 1. The summed E-state index contributed by atoms with van der Waals surface area (Å²) in [5.41, 5.74) is 0.573. The van der Waals surface area contributed by atoms with E-state index in [1.807, 2.05) is 0 Å². The van der Waals surface area contributed by atoms with Crippen molar-refractivity contribution in [1.29, 1.82) is 0 Å². The van der Waals surface area contributed by atoms with Gasteiger partial charge in [-0.1, -0.05) is 13.8 Å². The van der Waals surface area contributed by atoms with Gasteiger partial charge in [0.25, 0.3) is 0 Å². The Morgan fingerprint density at radius 2 is 1.80 bits per heavy atom. The van der Waals surface area contributed by atoms with Crippen LogP contribution in [0.5, 0.6) is 0 Å². The second-order valence-electron chi connectivity index (χ2n) is 10.6. The number of epoxide rings is 1. The van der Waals surface area contributed by atoms with E-state index in [4.69, 9.17) is 9.47 Å². The largest absolute Gasteiger partial charge is 0.374 e. The van der Waals surface area contributed by atoms with Gasteiger partial charge in [-0.3, -0.25) is 4.79 Å². The lowest BCUT2D eigenvalue weighted by atomic mass is 9.45. The van der Waals surface area contributed by atoms with Gasteiger partial charge >= 0.3 is 0 Å². The van der Waals surface area contributed by atoms with Crippen LogP contribution in [0.1, 0.15) is 78.1 Å². The van der Waals surface area contributed by atoms with Gasteiger partial charge in [0, 0.05) is 11.8 Å². The topological polar surface area (TPSA) is 38.8 Å². The molecule has 5 aliphatic carbocycles. The number of Topliss-reactive ketones (excluding diaryl/α,β-unsaturated/α-hetero) is 1. The molecule has 3 heteroatoms. The molecule has 1 aliphatic heterocycles. The number of ketones is 1. The molecule has 0 radical (unpaired) electrons. The molecule has 1 saturated heterocycles. The van der Waals surface area contributed by atoms with Crippen LogP contribution in [-0.2, 0) is 14.3 Å². The van der Waals surface area contributed by atoms with Gasteiger partial charge in [-0.25, -0.2) is 0 Å². The lowest BCUT2D eigenvalue weighted by molar-refractivity contribution is -0.139. The molecule has 0 amide bonds. The lowest BCUT2D eigenvalue weighted by Crippen LogP contribution is -2.58. The number of ether oxygens (including phenoxy) is 2. The van der Waals surface area contributed by atoms with E-state index < -0.39 is 0 Å². The van der Waals surface area contributed by atoms with Crippen molar-refractivity contribution in [2.45, 2.75) is 102 Å². The van der Waals surface area contributed by atoms with Crippen molar-refractivity contribution in [2.24, 2.45) is 28.6 Å². The summed E-state index contributed by atoms with van der Waals surface area (Å²) in [5.74, 6) is 2.81. The highest BCUT2D eigenvalue weighted by Crippen LogP contribution is 2.72. The first-order valence-corrected chi connectivity index (χ1v) is 10.8. The van der Waals surface area contributed by atoms with Gasteiger partial charge in [-0.05, 0) is 81.0 Å². The predicted molar refractivity (Wildman–Crippen MR) is 94.1 cm³/mol. The van der Waals surface area contributed by atoms with Crippen LogP contribution in [-0.4, -0.2) is 29.7 Å². The Kier molecular flexibility index (Phi) is 2.94. The quantitative estimate of drug-likeness (QED) is 0.702. The third-order valence-electron chi connectivity index (χ3n) is 9.74. The second-order valence-corrected chi connectivity index (χ2v) is 10.6. The SMILES string of the molecule is C[C@]12CC[C@@H]3[C@@H](CCC45OC4C(=O)CC[C@]35C)[C@@H]1CCC2OC1CC1. The Hall–Kier alpha value is -0.410. The van der Waals surface area contributed by atoms with Crippen LogP contribution in [0, 0.1) is 28.6 Å². The molecule has 3 nitrogen and oxygen atoms in total. The van der Waals surface area contributed by atoms with Crippen molar-refractivity contribution in [2.75, 3.05) is 0 Å². The van der Waals surface area contributed by atoms with Crippen LogP contribution in [0.2, 0.25) is 0 Å². The highest BCUT2D eigenvalue weighted by Gasteiger charge is 2.76. The molecule has 0 aromatic heterocycles. The predicted octanol–water partition coefficient (Wildman–Crippen LogP) is 4.28. The van der Waals surface area contributed by atoms with Gasteiger partial charge in [0.2, 0.25) is 0 Å². The molecular weight excluding hydrogens is 312 g/mol. The zero-order chi connectivity index (χ0) is 17.0. The summed E-state index contributed by atoms with van der Waals surface area (Å²) in [6.07, 6.45) is 13.1. The van der Waals surface area contributed by atoms with Crippen LogP contribution >= 0.6 is 0 Å². The first-order chi connectivity index (χ1) is 12.0. The third-order valence-corrected chi connectivity index (χ3v) is 9.74. The molecule has 1 heterocycles. The minimum atomic E-state index is -0.0697. The fourth-order valence-corrected chi connectivity index (χ4v) is 8.11. The van der Waals surface area contributed by atoms with E-state index in [-0.39, 0.29) is 17.1 Å². The molecule has 8 atom stereocenters. The van der Waals surface area contributed by atoms with Crippen LogP contribution in [0.4, 0.5) is 0 Å². The summed E-state index contributed by atoms with van der Waals surface area (Å²) in [7, 11) is 0. The van der Waals surface area contributed by atoms with Crippen molar-refractivity contribution in [3.05, 3.63) is 0 Å². The fraction of sp³-hybridized carbons (Fsp3) is 0.955. The number of rotatable bonds is 2. The van der Waals surface area contributed by atoms with Crippen LogP contribution in [0.3, 0.4) is 0 Å². The summed E-state index contributed by atoms with van der Waals surface area (Å²) in [4.78, 5) is 12.2. The van der Waals surface area contributed by atoms with E-state index in [1.165, 1.54) is 44.9 Å². The lowest BCUT2D eigenvalue weighted by Gasteiger charge is -2.59. The van der Waals surface area contributed by atoms with Gasteiger partial charge in [0.1, 0.15) is 11.7 Å². The Morgan fingerprint density at radius 1 is 0.960 bits per heavy atom. The Labute approximate surface area is 151 Å². The molecule has 0 aromatic rings. The summed E-state index contributed by atoms with van der Waals surface area (Å²) >= 11 is 0. The van der Waals surface area contributed by atoms with Crippen LogP contribution in [0.15, 0.2) is 0 Å². The fourth-order valence-electron chi connectivity index (χ4n) is 8.11. The average Bonchev–Trinajstić information content (AvgIpc) is 3.48. The Morgan fingerprint density at radius 3 is 2.60 bits per heavy atom. The monoisotopic (exact) mass is 344 g/mol. The second kappa shape index (κ2) is 4.70. The minimum Gasteiger partial charge on any atom is -0.374 e. The maximum Gasteiger partial charge on any atom is 0.164 e. The molecule has 0 N–H and O–H groups in total. The Bertz CT molecular complexity index is 627. The minimum absolute atomic E-state index is 0.0463. The van der Waals surface area contributed by atoms with E-state index in [0.29, 0.717) is 23.4 Å². The number of hydrogen-bond donors (Lipinski definition) is 0. The summed E-state index contributed by atoms with van der Waals surface area (Å²) in [6.45, 7) is 5.02. The van der Waals surface area contributed by atoms with Gasteiger partial charge < -0.3 is 9.47 Å². The van der Waals surface area contributed by atoms with E-state index in [0.717, 1.165) is 37.0 Å². The van der Waals surface area contributed by atoms with Crippen molar-refractivity contribution < 1.29 is 14.3 Å². The van der Waals surface area contributed by atoms with Gasteiger partial charge in [0.15, 0.2) is 5.78 Å². The first kappa shape index (κ1) is 15.6. The van der Waals surface area contributed by atoms with E-state index >= 15 is 0 Å². The maximum absolute atomic E-state index is 12.2. The van der Waals surface area contributed by atoms with Crippen LogP contribution < -0.4 is 0 Å². The first-order valence-electron chi connectivity index (χ1n) is 10.8. The summed E-state index contributed by atoms with van der Waals surface area (Å²) < 4.78 is 12.7. The molecule has 6 fully saturated rings. The molecule has 6 rings (SSSR count). The highest BCUT2D eigenvalue weighted by atomic mass is 16.6. The zero-order valence-corrected chi connectivity index (χ0v) is 15.8. The van der Waals surface area contributed by atoms with Crippen molar-refractivity contribution in [3.63, 3.8) is 0 Å². The van der Waals surface area contributed by atoms with E-state index in [1.54, 1.807) is 0 Å². The van der Waals surface area contributed by atoms with Gasteiger partial charge in [-0.15, -0.1) is 0 Å². The molecule has 6 aliphatic rings. The van der Waals surface area contributed by atoms with Crippen molar-refractivity contribution in [3.8, 4) is 0 Å². The maximum atomic E-state index is 12.2. The Balaban J connectivity index is 1.30. The third kappa shape index (κ3) is 1.83. The van der Waals surface area contributed by atoms with E-state index in [9.17, 15) is 4.79 Å². The summed E-state index contributed by atoms with van der Waals surface area (Å²) in [5, 5.41) is 0. The molecule has 25 heavy (non-hydrogen) atoms. The molecule has 138 valence electrons. The van der Waals surface area contributed by atoms with E-state index in [2.05, 4.69) is 13.8 Å². The highest BCUT2D eigenvalue weighted by molar-refractivity contribution is 5.88. The molecule has 0 bridgehead atoms.